The molecule has 102 valence electrons. The van der Waals surface area contributed by atoms with Crippen LogP contribution in [0.25, 0.3) is 0 Å². The Bertz CT molecular complexity index is 352. The molecular formula is C14H21BrClNS. The Morgan fingerprint density at radius 3 is 2.61 bits per heavy atom. The van der Waals surface area contributed by atoms with Crippen LogP contribution in [0.4, 0.5) is 0 Å². The minimum absolute atomic E-state index is 0.614. The molecule has 0 radical (unpaired) electrons. The Morgan fingerprint density at radius 1 is 1.39 bits per heavy atom. The van der Waals surface area contributed by atoms with Crippen LogP contribution in [0.2, 0.25) is 4.34 Å². The third-order valence-corrected chi connectivity index (χ3v) is 6.38. The molecule has 0 aromatic carbocycles. The fourth-order valence-corrected chi connectivity index (χ4v) is 4.46. The van der Waals surface area contributed by atoms with Gasteiger partial charge in [-0.15, -0.1) is 11.3 Å². The first-order chi connectivity index (χ1) is 8.66. The molecule has 2 rings (SSSR count). The van der Waals surface area contributed by atoms with Gasteiger partial charge in [-0.05, 0) is 47.7 Å². The van der Waals surface area contributed by atoms with Gasteiger partial charge in [0.05, 0.1) is 0 Å². The van der Waals surface area contributed by atoms with Crippen molar-refractivity contribution in [3.05, 3.63) is 19.8 Å². The van der Waals surface area contributed by atoms with Crippen LogP contribution >= 0.6 is 38.9 Å². The van der Waals surface area contributed by atoms with E-state index < -0.39 is 0 Å². The Balaban J connectivity index is 1.81. The number of halogens is 2. The van der Waals surface area contributed by atoms with Gasteiger partial charge in [0, 0.05) is 21.9 Å². The fraction of sp³-hybridized carbons (Fsp3) is 0.714. The summed E-state index contributed by atoms with van der Waals surface area (Å²) >= 11 is 11.2. The van der Waals surface area contributed by atoms with Crippen LogP contribution in [0.5, 0.6) is 0 Å². The largest absolute Gasteiger partial charge is 0.309 e. The molecule has 1 aliphatic carbocycles. The lowest BCUT2D eigenvalue weighted by Gasteiger charge is -2.23. The molecule has 1 fully saturated rings. The molecule has 0 unspecified atom stereocenters. The fourth-order valence-electron chi connectivity index (χ4n) is 2.72. The molecule has 1 nitrogen and oxygen atoms in total. The Hall–Kier alpha value is 0.430. The molecule has 1 saturated carbocycles. The minimum Gasteiger partial charge on any atom is -0.309 e. The molecular weight excluding hydrogens is 330 g/mol. The van der Waals surface area contributed by atoms with E-state index in [-0.39, 0.29) is 0 Å². The van der Waals surface area contributed by atoms with Crippen molar-refractivity contribution in [2.24, 2.45) is 5.92 Å². The van der Waals surface area contributed by atoms with Crippen molar-refractivity contribution in [1.82, 2.24) is 5.32 Å². The van der Waals surface area contributed by atoms with Crippen LogP contribution in [0, 0.1) is 5.92 Å². The predicted octanol–water partition coefficient (Wildman–Crippen LogP) is 5.61. The number of thiophene rings is 1. The van der Waals surface area contributed by atoms with Crippen molar-refractivity contribution < 1.29 is 0 Å². The predicted molar refractivity (Wildman–Crippen MR) is 84.5 cm³/mol. The molecule has 0 spiro atoms. The third kappa shape index (κ3) is 4.22. The van der Waals surface area contributed by atoms with Gasteiger partial charge < -0.3 is 5.32 Å². The van der Waals surface area contributed by atoms with E-state index in [1.807, 2.05) is 0 Å². The summed E-state index contributed by atoms with van der Waals surface area (Å²) in [5.74, 6) is 0.853. The van der Waals surface area contributed by atoms with Crippen molar-refractivity contribution in [2.75, 3.05) is 0 Å². The zero-order valence-electron chi connectivity index (χ0n) is 10.8. The average Bonchev–Trinajstić information content (AvgIpc) is 2.60. The van der Waals surface area contributed by atoms with Gasteiger partial charge in [-0.3, -0.25) is 0 Å². The van der Waals surface area contributed by atoms with Crippen LogP contribution in [-0.2, 0) is 6.54 Å². The quantitative estimate of drug-likeness (QED) is 0.696. The first-order valence-electron chi connectivity index (χ1n) is 6.84. The number of rotatable bonds is 4. The van der Waals surface area contributed by atoms with Gasteiger partial charge >= 0.3 is 0 Å². The zero-order chi connectivity index (χ0) is 13.0. The lowest BCUT2D eigenvalue weighted by atomic mass is 9.93. The van der Waals surface area contributed by atoms with E-state index >= 15 is 0 Å². The maximum Gasteiger partial charge on any atom is 0.107 e. The summed E-state index contributed by atoms with van der Waals surface area (Å²) in [5, 5.41) is 3.67. The van der Waals surface area contributed by atoms with Gasteiger partial charge in [0.2, 0.25) is 0 Å². The van der Waals surface area contributed by atoms with E-state index in [2.05, 4.69) is 34.2 Å². The van der Waals surface area contributed by atoms with Crippen LogP contribution in [0.3, 0.4) is 0 Å². The van der Waals surface area contributed by atoms with Gasteiger partial charge in [0.1, 0.15) is 4.34 Å². The molecule has 0 aliphatic heterocycles. The molecule has 0 amide bonds. The van der Waals surface area contributed by atoms with Crippen LogP contribution in [-0.4, -0.2) is 6.04 Å². The summed E-state index contributed by atoms with van der Waals surface area (Å²) in [5.41, 5.74) is 0. The molecule has 18 heavy (non-hydrogen) atoms. The molecule has 0 saturated heterocycles. The highest BCUT2D eigenvalue weighted by Crippen LogP contribution is 2.32. The maximum absolute atomic E-state index is 6.06. The maximum atomic E-state index is 6.06. The van der Waals surface area contributed by atoms with E-state index in [9.17, 15) is 0 Å². The topological polar surface area (TPSA) is 12.0 Å². The van der Waals surface area contributed by atoms with E-state index in [4.69, 9.17) is 11.6 Å². The second-order valence-electron chi connectivity index (χ2n) is 5.26. The van der Waals surface area contributed by atoms with Crippen LogP contribution in [0.1, 0.15) is 50.3 Å². The van der Waals surface area contributed by atoms with Gasteiger partial charge in [0.15, 0.2) is 0 Å². The van der Waals surface area contributed by atoms with Crippen LogP contribution < -0.4 is 5.32 Å². The lowest BCUT2D eigenvalue weighted by Crippen LogP contribution is -2.32. The summed E-state index contributed by atoms with van der Waals surface area (Å²) in [6, 6.07) is 2.74. The second kappa shape index (κ2) is 7.28. The molecule has 1 N–H and O–H groups in total. The number of hydrogen-bond acceptors (Lipinski definition) is 2. The van der Waals surface area contributed by atoms with Crippen molar-refractivity contribution in [3.8, 4) is 0 Å². The summed E-state index contributed by atoms with van der Waals surface area (Å²) in [6.07, 6.45) is 8.46. The Labute approximate surface area is 127 Å². The van der Waals surface area contributed by atoms with Gasteiger partial charge in [-0.1, -0.05) is 37.3 Å². The Kier molecular flexibility index (Phi) is 5.99. The zero-order valence-corrected chi connectivity index (χ0v) is 14.0. The molecule has 1 aromatic rings. The summed E-state index contributed by atoms with van der Waals surface area (Å²) < 4.78 is 1.88. The van der Waals surface area contributed by atoms with E-state index in [1.165, 1.54) is 43.4 Å². The van der Waals surface area contributed by atoms with Gasteiger partial charge in [-0.25, -0.2) is 0 Å². The molecule has 1 atom stereocenters. The molecule has 1 heterocycles. The minimum atomic E-state index is 0.614. The summed E-state index contributed by atoms with van der Waals surface area (Å²) in [7, 11) is 0. The van der Waals surface area contributed by atoms with Gasteiger partial charge in [-0.2, -0.15) is 0 Å². The average molecular weight is 351 g/mol. The summed E-state index contributed by atoms with van der Waals surface area (Å²) in [6.45, 7) is 3.27. The highest BCUT2D eigenvalue weighted by molar-refractivity contribution is 9.10. The van der Waals surface area contributed by atoms with E-state index in [0.717, 1.165) is 21.3 Å². The van der Waals surface area contributed by atoms with Crippen molar-refractivity contribution >= 4 is 38.9 Å². The first-order valence-corrected chi connectivity index (χ1v) is 8.82. The SMILES string of the molecule is C[C@H](NCc1cc(Br)c(Cl)s1)C1CCCCCC1. The second-order valence-corrected chi connectivity index (χ2v) is 7.85. The van der Waals surface area contributed by atoms with Gasteiger partial charge in [0.25, 0.3) is 0 Å². The van der Waals surface area contributed by atoms with E-state index in [1.54, 1.807) is 11.3 Å². The highest BCUT2D eigenvalue weighted by atomic mass is 79.9. The van der Waals surface area contributed by atoms with Crippen molar-refractivity contribution in [2.45, 2.75) is 58.0 Å². The summed E-state index contributed by atoms with van der Waals surface area (Å²) in [4.78, 5) is 1.31. The molecule has 0 bridgehead atoms. The normalized spacial score (nSPS) is 19.7. The standard InChI is InChI=1S/C14H21BrClNS/c1-10(11-6-4-2-3-5-7-11)17-9-12-8-13(15)14(16)18-12/h8,10-11,17H,2-7,9H2,1H3/t10-/m0/s1. The molecule has 1 aromatic heterocycles. The third-order valence-electron chi connectivity index (χ3n) is 3.90. The van der Waals surface area contributed by atoms with Crippen molar-refractivity contribution in [3.63, 3.8) is 0 Å². The number of nitrogens with one attached hydrogen (secondary N) is 1. The monoisotopic (exact) mass is 349 g/mol. The van der Waals surface area contributed by atoms with Crippen LogP contribution in [0.15, 0.2) is 10.5 Å². The highest BCUT2D eigenvalue weighted by Gasteiger charge is 2.18. The Morgan fingerprint density at radius 2 is 2.06 bits per heavy atom. The van der Waals surface area contributed by atoms with E-state index in [0.29, 0.717) is 6.04 Å². The smallest absolute Gasteiger partial charge is 0.107 e. The van der Waals surface area contributed by atoms with Crippen molar-refractivity contribution in [1.29, 1.82) is 0 Å². The first kappa shape index (κ1) is 14.8. The molecule has 1 aliphatic rings. The molecule has 4 heteroatoms. The number of hydrogen-bond donors (Lipinski definition) is 1. The lowest BCUT2D eigenvalue weighted by molar-refractivity contribution is 0.337.